The molecule has 1 atom stereocenters. The maximum atomic E-state index is 13.8. The smallest absolute Gasteiger partial charge is 0.338 e. The van der Waals surface area contributed by atoms with Gasteiger partial charge in [-0.05, 0) is 61.5 Å². The van der Waals surface area contributed by atoms with Gasteiger partial charge >= 0.3 is 5.97 Å². The third-order valence-electron chi connectivity index (χ3n) is 5.84. The summed E-state index contributed by atoms with van der Waals surface area (Å²) in [4.78, 5) is 40.2. The van der Waals surface area contributed by atoms with Crippen LogP contribution in [0.25, 0.3) is 6.08 Å². The van der Waals surface area contributed by atoms with Crippen LogP contribution in [0.3, 0.4) is 0 Å². The molecule has 1 unspecified atom stereocenters. The first-order valence-electron chi connectivity index (χ1n) is 11.7. The number of nitrogens with zero attached hydrogens (tertiary/aromatic N) is 4. The molecule has 192 valence electrons. The second kappa shape index (κ2) is 9.95. The number of hydrogen-bond acceptors (Lipinski definition) is 11. The van der Waals surface area contributed by atoms with Gasteiger partial charge in [0.1, 0.15) is 5.76 Å². The molecule has 0 radical (unpaired) electrons. The van der Waals surface area contributed by atoms with Gasteiger partial charge in [0.25, 0.3) is 5.56 Å². The lowest BCUT2D eigenvalue weighted by molar-refractivity contribution is -0.139. The van der Waals surface area contributed by atoms with Crippen molar-refractivity contribution in [3.8, 4) is 11.5 Å². The van der Waals surface area contributed by atoms with Crippen molar-refractivity contribution in [2.45, 2.75) is 30.1 Å². The SMILES string of the molecule is CCOC(=O)C1=C(C)N=c2s/c(=C/c3ccc(Sc4ncccn4)o3)c(=O)n2C1c1ccc2c(c1)OCO2. The van der Waals surface area contributed by atoms with Gasteiger partial charge in [-0.2, -0.15) is 0 Å². The summed E-state index contributed by atoms with van der Waals surface area (Å²) in [5, 5.41) is 1.15. The third-order valence-corrected chi connectivity index (χ3v) is 7.64. The maximum Gasteiger partial charge on any atom is 0.338 e. The van der Waals surface area contributed by atoms with Crippen molar-refractivity contribution in [1.29, 1.82) is 0 Å². The molecule has 2 aliphatic heterocycles. The fourth-order valence-corrected chi connectivity index (χ4v) is 5.92. The van der Waals surface area contributed by atoms with E-state index in [9.17, 15) is 9.59 Å². The highest BCUT2D eigenvalue weighted by molar-refractivity contribution is 7.99. The Morgan fingerprint density at radius 2 is 2.03 bits per heavy atom. The van der Waals surface area contributed by atoms with Gasteiger partial charge in [0.05, 0.1) is 28.5 Å². The van der Waals surface area contributed by atoms with Crippen molar-refractivity contribution in [3.63, 3.8) is 0 Å². The molecule has 4 aromatic rings. The van der Waals surface area contributed by atoms with Crippen LogP contribution in [0.2, 0.25) is 0 Å². The van der Waals surface area contributed by atoms with Gasteiger partial charge in [0.2, 0.25) is 6.79 Å². The second-order valence-electron chi connectivity index (χ2n) is 8.21. The average molecular weight is 549 g/mol. The molecule has 6 rings (SSSR count). The number of ether oxygens (including phenoxy) is 3. The third kappa shape index (κ3) is 4.41. The van der Waals surface area contributed by atoms with Crippen molar-refractivity contribution in [2.24, 2.45) is 4.99 Å². The molecule has 0 N–H and O–H groups in total. The molecule has 0 aliphatic carbocycles. The van der Waals surface area contributed by atoms with Crippen LogP contribution in [0, 0.1) is 0 Å². The number of carbonyl (C=O) groups is 1. The molecule has 5 heterocycles. The summed E-state index contributed by atoms with van der Waals surface area (Å²) in [7, 11) is 0. The van der Waals surface area contributed by atoms with Gasteiger partial charge < -0.3 is 18.6 Å². The summed E-state index contributed by atoms with van der Waals surface area (Å²) < 4.78 is 24.2. The van der Waals surface area contributed by atoms with E-state index in [1.165, 1.54) is 27.7 Å². The number of esters is 1. The van der Waals surface area contributed by atoms with Crippen molar-refractivity contribution in [2.75, 3.05) is 13.4 Å². The number of fused-ring (bicyclic) bond motifs is 2. The minimum absolute atomic E-state index is 0.112. The van der Waals surface area contributed by atoms with E-state index in [0.717, 1.165) is 0 Å². The van der Waals surface area contributed by atoms with E-state index in [1.807, 2.05) is 6.07 Å². The van der Waals surface area contributed by atoms with E-state index in [1.54, 1.807) is 62.6 Å². The molecule has 1 aromatic carbocycles. The van der Waals surface area contributed by atoms with Crippen molar-refractivity contribution >= 4 is 35.1 Å². The first kappa shape index (κ1) is 24.2. The number of aromatic nitrogens is 3. The lowest BCUT2D eigenvalue weighted by Crippen LogP contribution is -2.39. The summed E-state index contributed by atoms with van der Waals surface area (Å²) in [6, 6.07) is 9.92. The normalized spacial score (nSPS) is 16.4. The molecule has 0 saturated carbocycles. The van der Waals surface area contributed by atoms with E-state index >= 15 is 0 Å². The lowest BCUT2D eigenvalue weighted by Gasteiger charge is -2.24. The molecule has 0 spiro atoms. The Hall–Kier alpha value is -4.16. The zero-order valence-electron chi connectivity index (χ0n) is 20.2. The Morgan fingerprint density at radius 3 is 2.84 bits per heavy atom. The summed E-state index contributed by atoms with van der Waals surface area (Å²) in [5.41, 5.74) is 1.16. The molecule has 38 heavy (non-hydrogen) atoms. The molecule has 10 nitrogen and oxygen atoms in total. The van der Waals surface area contributed by atoms with Crippen LogP contribution in [-0.2, 0) is 9.53 Å². The quantitative estimate of drug-likeness (QED) is 0.265. The molecule has 2 aliphatic rings. The van der Waals surface area contributed by atoms with E-state index < -0.39 is 12.0 Å². The first-order valence-corrected chi connectivity index (χ1v) is 13.3. The highest BCUT2D eigenvalue weighted by Gasteiger charge is 2.34. The highest BCUT2D eigenvalue weighted by Crippen LogP contribution is 2.38. The number of hydrogen-bond donors (Lipinski definition) is 0. The van der Waals surface area contributed by atoms with E-state index in [2.05, 4.69) is 15.0 Å². The number of rotatable bonds is 6. The second-order valence-corrected chi connectivity index (χ2v) is 10.2. The number of benzene rings is 1. The van der Waals surface area contributed by atoms with Gasteiger partial charge in [-0.25, -0.2) is 19.8 Å². The Kier molecular flexibility index (Phi) is 6.34. The maximum absolute atomic E-state index is 13.8. The monoisotopic (exact) mass is 548 g/mol. The van der Waals surface area contributed by atoms with E-state index in [0.29, 0.717) is 53.7 Å². The van der Waals surface area contributed by atoms with Crippen LogP contribution in [0.4, 0.5) is 0 Å². The number of carbonyl (C=O) groups excluding carboxylic acids is 1. The van der Waals surface area contributed by atoms with Crippen LogP contribution in [0.1, 0.15) is 31.2 Å². The molecule has 3 aromatic heterocycles. The summed E-state index contributed by atoms with van der Waals surface area (Å²) >= 11 is 2.50. The van der Waals surface area contributed by atoms with Crippen molar-refractivity contribution in [3.05, 3.63) is 91.1 Å². The van der Waals surface area contributed by atoms with E-state index in [4.69, 9.17) is 18.6 Å². The summed E-state index contributed by atoms with van der Waals surface area (Å²) in [6.07, 6.45) is 4.98. The summed E-state index contributed by atoms with van der Waals surface area (Å²) in [5.74, 6) is 1.12. The van der Waals surface area contributed by atoms with Gasteiger partial charge in [-0.1, -0.05) is 17.4 Å². The van der Waals surface area contributed by atoms with Crippen LogP contribution in [0.5, 0.6) is 11.5 Å². The van der Waals surface area contributed by atoms with Crippen LogP contribution in [0.15, 0.2) is 84.5 Å². The van der Waals surface area contributed by atoms with Crippen LogP contribution < -0.4 is 24.4 Å². The Balaban J connectivity index is 1.44. The summed E-state index contributed by atoms with van der Waals surface area (Å²) in [6.45, 7) is 3.78. The lowest BCUT2D eigenvalue weighted by atomic mass is 9.95. The highest BCUT2D eigenvalue weighted by atomic mass is 32.2. The predicted octanol–water partition coefficient (Wildman–Crippen LogP) is 3.06. The van der Waals surface area contributed by atoms with Gasteiger partial charge in [-0.15, -0.1) is 0 Å². The van der Waals surface area contributed by atoms with Crippen molar-refractivity contribution in [1.82, 2.24) is 14.5 Å². The topological polar surface area (TPSA) is 118 Å². The molecular formula is C26H20N4O6S2. The number of furan rings is 1. The van der Waals surface area contributed by atoms with Gasteiger partial charge in [-0.3, -0.25) is 9.36 Å². The van der Waals surface area contributed by atoms with Crippen LogP contribution >= 0.6 is 23.1 Å². The standard InChI is InChI=1S/C26H20N4O6S2/c1-3-33-24(32)21-14(2)29-26-30(22(21)15-5-7-17-18(11-15)35-13-34-17)23(31)19(37-26)12-16-6-8-20(36-16)38-25-27-9-4-10-28-25/h4-12,22H,3,13H2,1-2H3/b19-12+. The Labute approximate surface area is 223 Å². The minimum Gasteiger partial charge on any atom is -0.463 e. The molecule has 0 fully saturated rings. The Bertz CT molecular complexity index is 1760. The molecular weight excluding hydrogens is 528 g/mol. The molecule has 12 heteroatoms. The molecule has 0 amide bonds. The zero-order valence-corrected chi connectivity index (χ0v) is 21.9. The van der Waals surface area contributed by atoms with Crippen molar-refractivity contribution < 1.29 is 23.4 Å². The Morgan fingerprint density at radius 1 is 1.21 bits per heavy atom. The molecule has 0 saturated heterocycles. The van der Waals surface area contributed by atoms with Gasteiger partial charge in [0, 0.05) is 18.5 Å². The van der Waals surface area contributed by atoms with Gasteiger partial charge in [0.15, 0.2) is 26.5 Å². The van der Waals surface area contributed by atoms with E-state index in [-0.39, 0.29) is 19.0 Å². The fourth-order valence-electron chi connectivity index (χ4n) is 4.21. The predicted molar refractivity (Wildman–Crippen MR) is 138 cm³/mol. The van der Waals surface area contributed by atoms with Crippen LogP contribution in [-0.4, -0.2) is 33.9 Å². The zero-order chi connectivity index (χ0) is 26.2. The number of allylic oxidation sites excluding steroid dienone is 1. The largest absolute Gasteiger partial charge is 0.463 e. The molecule has 0 bridgehead atoms. The fraction of sp³-hybridized carbons (Fsp3) is 0.192. The number of thiazole rings is 1. The minimum atomic E-state index is -0.750. The average Bonchev–Trinajstić information content (AvgIpc) is 3.63. The first-order chi connectivity index (χ1) is 18.5.